The first-order valence-corrected chi connectivity index (χ1v) is 6.37. The van der Waals surface area contributed by atoms with Crippen molar-refractivity contribution in [1.29, 1.82) is 0 Å². The SMILES string of the molecule is CCCCN(C)CCNc1ncnc2nc[nH]c12. The van der Waals surface area contributed by atoms with Crippen LogP contribution in [0.4, 0.5) is 5.82 Å². The summed E-state index contributed by atoms with van der Waals surface area (Å²) < 4.78 is 0. The van der Waals surface area contributed by atoms with E-state index in [-0.39, 0.29) is 0 Å². The predicted octanol–water partition coefficient (Wildman–Crippen LogP) is 1.50. The van der Waals surface area contributed by atoms with E-state index in [0.29, 0.717) is 5.65 Å². The third-order valence-corrected chi connectivity index (χ3v) is 2.90. The summed E-state index contributed by atoms with van der Waals surface area (Å²) in [5.74, 6) is 0.821. The molecule has 0 fully saturated rings. The fourth-order valence-corrected chi connectivity index (χ4v) is 1.80. The summed E-state index contributed by atoms with van der Waals surface area (Å²) in [4.78, 5) is 17.8. The Balaban J connectivity index is 1.85. The molecule has 0 atom stereocenters. The van der Waals surface area contributed by atoms with Gasteiger partial charge in [-0.05, 0) is 20.0 Å². The van der Waals surface area contributed by atoms with Crippen LogP contribution in [0.2, 0.25) is 0 Å². The summed E-state index contributed by atoms with van der Waals surface area (Å²) in [5, 5.41) is 3.32. The van der Waals surface area contributed by atoms with Crippen molar-refractivity contribution >= 4 is 17.0 Å². The van der Waals surface area contributed by atoms with Gasteiger partial charge in [-0.15, -0.1) is 0 Å². The van der Waals surface area contributed by atoms with Crippen LogP contribution in [0, 0.1) is 0 Å². The number of aromatic nitrogens is 4. The fourth-order valence-electron chi connectivity index (χ4n) is 1.80. The first-order valence-electron chi connectivity index (χ1n) is 6.37. The number of unbranched alkanes of at least 4 members (excludes halogenated alkanes) is 1. The number of nitrogens with one attached hydrogen (secondary N) is 2. The van der Waals surface area contributed by atoms with Crippen molar-refractivity contribution in [3.63, 3.8) is 0 Å². The molecule has 6 nitrogen and oxygen atoms in total. The molecular formula is C12H20N6. The highest BCUT2D eigenvalue weighted by atomic mass is 15.1. The molecular weight excluding hydrogens is 228 g/mol. The number of nitrogens with zero attached hydrogens (tertiary/aromatic N) is 4. The summed E-state index contributed by atoms with van der Waals surface area (Å²) in [5.41, 5.74) is 1.57. The smallest absolute Gasteiger partial charge is 0.182 e. The van der Waals surface area contributed by atoms with E-state index in [9.17, 15) is 0 Å². The molecule has 0 spiro atoms. The van der Waals surface area contributed by atoms with Gasteiger partial charge in [0.05, 0.1) is 6.33 Å². The molecule has 0 aromatic carbocycles. The Morgan fingerprint density at radius 2 is 2.17 bits per heavy atom. The van der Waals surface area contributed by atoms with E-state index in [0.717, 1.165) is 31.0 Å². The quantitative estimate of drug-likeness (QED) is 0.777. The number of hydrogen-bond acceptors (Lipinski definition) is 5. The summed E-state index contributed by atoms with van der Waals surface area (Å²) in [7, 11) is 2.14. The topological polar surface area (TPSA) is 69.7 Å². The Kier molecular flexibility index (Phi) is 4.46. The lowest BCUT2D eigenvalue weighted by Gasteiger charge is -2.16. The zero-order valence-electron chi connectivity index (χ0n) is 11.0. The summed E-state index contributed by atoms with van der Waals surface area (Å²) >= 11 is 0. The summed E-state index contributed by atoms with van der Waals surface area (Å²) in [6, 6.07) is 0. The van der Waals surface area contributed by atoms with Gasteiger partial charge in [0, 0.05) is 13.1 Å². The lowest BCUT2D eigenvalue weighted by Crippen LogP contribution is -2.26. The van der Waals surface area contributed by atoms with Gasteiger partial charge >= 0.3 is 0 Å². The van der Waals surface area contributed by atoms with Crippen molar-refractivity contribution in [3.8, 4) is 0 Å². The molecule has 0 radical (unpaired) electrons. The van der Waals surface area contributed by atoms with Crippen LogP contribution in [0.3, 0.4) is 0 Å². The second-order valence-corrected chi connectivity index (χ2v) is 4.41. The van der Waals surface area contributed by atoms with Crippen LogP contribution < -0.4 is 5.32 Å². The van der Waals surface area contributed by atoms with E-state index in [1.807, 2.05) is 0 Å². The fraction of sp³-hybridized carbons (Fsp3) is 0.583. The maximum atomic E-state index is 4.23. The van der Waals surface area contributed by atoms with Gasteiger partial charge in [-0.1, -0.05) is 13.3 Å². The minimum Gasteiger partial charge on any atom is -0.367 e. The van der Waals surface area contributed by atoms with Gasteiger partial charge in [-0.25, -0.2) is 15.0 Å². The van der Waals surface area contributed by atoms with Crippen molar-refractivity contribution in [2.45, 2.75) is 19.8 Å². The normalized spacial score (nSPS) is 11.3. The van der Waals surface area contributed by atoms with Gasteiger partial charge in [0.2, 0.25) is 0 Å². The average Bonchev–Trinajstić information content (AvgIpc) is 2.85. The molecule has 2 heterocycles. The number of fused-ring (bicyclic) bond motifs is 1. The molecule has 2 aromatic rings. The number of likely N-dealkylation sites (N-methyl/N-ethyl adjacent to an activating group) is 1. The number of aromatic amines is 1. The predicted molar refractivity (Wildman–Crippen MR) is 72.6 cm³/mol. The van der Waals surface area contributed by atoms with Crippen LogP contribution in [0.5, 0.6) is 0 Å². The standard InChI is InChI=1S/C12H20N6/c1-3-4-6-18(2)7-5-13-11-10-12(15-8-14-10)17-9-16-11/h8-9H,3-7H2,1-2H3,(H2,13,14,15,16,17). The molecule has 2 N–H and O–H groups in total. The molecule has 98 valence electrons. The lowest BCUT2D eigenvalue weighted by molar-refractivity contribution is 0.340. The van der Waals surface area contributed by atoms with Crippen molar-refractivity contribution in [2.24, 2.45) is 0 Å². The number of rotatable bonds is 7. The lowest BCUT2D eigenvalue weighted by atomic mass is 10.3. The Labute approximate surface area is 107 Å². The minimum atomic E-state index is 0.701. The molecule has 0 amide bonds. The van der Waals surface area contributed by atoms with Gasteiger partial charge in [0.25, 0.3) is 0 Å². The van der Waals surface area contributed by atoms with Crippen molar-refractivity contribution in [2.75, 3.05) is 32.0 Å². The van der Waals surface area contributed by atoms with Gasteiger partial charge in [0.15, 0.2) is 11.5 Å². The Hall–Kier alpha value is -1.69. The Morgan fingerprint density at radius 3 is 3.00 bits per heavy atom. The highest BCUT2D eigenvalue weighted by Gasteiger charge is 2.05. The van der Waals surface area contributed by atoms with Crippen molar-refractivity contribution in [3.05, 3.63) is 12.7 Å². The molecule has 0 aliphatic rings. The van der Waals surface area contributed by atoms with Crippen molar-refractivity contribution in [1.82, 2.24) is 24.8 Å². The van der Waals surface area contributed by atoms with Crippen LogP contribution in [-0.4, -0.2) is 51.5 Å². The van der Waals surface area contributed by atoms with Crippen LogP contribution in [-0.2, 0) is 0 Å². The van der Waals surface area contributed by atoms with E-state index >= 15 is 0 Å². The zero-order chi connectivity index (χ0) is 12.8. The molecule has 0 saturated heterocycles. The first kappa shape index (κ1) is 12.8. The molecule has 0 aliphatic carbocycles. The molecule has 2 aromatic heterocycles. The minimum absolute atomic E-state index is 0.701. The van der Waals surface area contributed by atoms with E-state index in [4.69, 9.17) is 0 Å². The Morgan fingerprint density at radius 1 is 1.28 bits per heavy atom. The zero-order valence-corrected chi connectivity index (χ0v) is 11.0. The molecule has 0 bridgehead atoms. The molecule has 2 rings (SSSR count). The number of imidazole rings is 1. The third kappa shape index (κ3) is 3.16. The van der Waals surface area contributed by atoms with E-state index < -0.39 is 0 Å². The van der Waals surface area contributed by atoms with Gasteiger partial charge in [-0.2, -0.15) is 0 Å². The van der Waals surface area contributed by atoms with Gasteiger partial charge in [0.1, 0.15) is 11.8 Å². The van der Waals surface area contributed by atoms with Gasteiger partial charge < -0.3 is 15.2 Å². The molecule has 0 aliphatic heterocycles. The second kappa shape index (κ2) is 6.30. The van der Waals surface area contributed by atoms with Crippen molar-refractivity contribution < 1.29 is 0 Å². The maximum Gasteiger partial charge on any atom is 0.182 e. The molecule has 6 heteroatoms. The number of hydrogen-bond donors (Lipinski definition) is 2. The highest BCUT2D eigenvalue weighted by Crippen LogP contribution is 2.13. The average molecular weight is 248 g/mol. The first-order chi connectivity index (χ1) is 8.81. The van der Waals surface area contributed by atoms with E-state index in [1.54, 1.807) is 6.33 Å². The van der Waals surface area contributed by atoms with Crippen LogP contribution >= 0.6 is 0 Å². The maximum absolute atomic E-state index is 4.23. The van der Waals surface area contributed by atoms with Crippen LogP contribution in [0.15, 0.2) is 12.7 Å². The monoisotopic (exact) mass is 248 g/mol. The molecule has 0 saturated carbocycles. The summed E-state index contributed by atoms with van der Waals surface area (Å²) in [6.45, 7) is 5.22. The van der Waals surface area contributed by atoms with Crippen LogP contribution in [0.25, 0.3) is 11.2 Å². The Bertz CT molecular complexity index is 480. The third-order valence-electron chi connectivity index (χ3n) is 2.90. The second-order valence-electron chi connectivity index (χ2n) is 4.41. The molecule has 18 heavy (non-hydrogen) atoms. The summed E-state index contributed by atoms with van der Waals surface area (Å²) in [6.07, 6.45) is 5.65. The van der Waals surface area contributed by atoms with E-state index in [2.05, 4.69) is 44.1 Å². The number of H-pyrrole nitrogens is 1. The highest BCUT2D eigenvalue weighted by molar-refractivity contribution is 5.81. The largest absolute Gasteiger partial charge is 0.367 e. The van der Waals surface area contributed by atoms with Gasteiger partial charge in [-0.3, -0.25) is 0 Å². The van der Waals surface area contributed by atoms with E-state index in [1.165, 1.54) is 19.2 Å². The van der Waals surface area contributed by atoms with Crippen LogP contribution in [0.1, 0.15) is 19.8 Å². The number of anilines is 1. The molecule has 0 unspecified atom stereocenters.